The van der Waals surface area contributed by atoms with E-state index < -0.39 is 0 Å². The van der Waals surface area contributed by atoms with Gasteiger partial charge in [-0.3, -0.25) is 0 Å². The Balaban J connectivity index is 1.65. The molecule has 0 amide bonds. The molecule has 0 unspecified atom stereocenters. The van der Waals surface area contributed by atoms with Crippen molar-refractivity contribution in [3.8, 4) is 0 Å². The number of fused-ring (bicyclic) bond motifs is 1. The van der Waals surface area contributed by atoms with Crippen LogP contribution in [0.1, 0.15) is 16.1 Å². The molecule has 0 fully saturated rings. The van der Waals surface area contributed by atoms with E-state index in [4.69, 9.17) is 0 Å². The van der Waals surface area contributed by atoms with Crippen molar-refractivity contribution >= 4 is 17.2 Å². The Kier molecular flexibility index (Phi) is 3.52. The number of nitrogens with zero attached hydrogens (tertiary/aromatic N) is 2. The van der Waals surface area contributed by atoms with Crippen molar-refractivity contribution in [1.82, 2.24) is 15.3 Å². The number of anilines is 1. The maximum absolute atomic E-state index is 4.35. The lowest BCUT2D eigenvalue weighted by atomic mass is 10.1. The number of hydrogen-bond acceptors (Lipinski definition) is 5. The Morgan fingerprint density at radius 2 is 2.39 bits per heavy atom. The fourth-order valence-electron chi connectivity index (χ4n) is 2.18. The highest BCUT2D eigenvalue weighted by molar-refractivity contribution is 7.09. The third-order valence-electron chi connectivity index (χ3n) is 3.12. The molecule has 0 saturated carbocycles. The van der Waals surface area contributed by atoms with Crippen LogP contribution in [0.3, 0.4) is 0 Å². The van der Waals surface area contributed by atoms with Gasteiger partial charge >= 0.3 is 0 Å². The van der Waals surface area contributed by atoms with Crippen LogP contribution in [0.5, 0.6) is 0 Å². The lowest BCUT2D eigenvalue weighted by Crippen LogP contribution is -2.26. The van der Waals surface area contributed by atoms with Gasteiger partial charge in [-0.1, -0.05) is 6.07 Å². The zero-order valence-corrected chi connectivity index (χ0v) is 11.0. The molecular weight excluding hydrogens is 244 g/mol. The van der Waals surface area contributed by atoms with Crippen molar-refractivity contribution in [2.24, 2.45) is 0 Å². The van der Waals surface area contributed by atoms with Gasteiger partial charge < -0.3 is 10.6 Å². The monoisotopic (exact) mass is 260 g/mol. The molecule has 94 valence electrons. The fraction of sp³-hybridized carbons (Fsp3) is 0.385. The van der Waals surface area contributed by atoms with Crippen molar-refractivity contribution in [2.45, 2.75) is 19.4 Å². The molecule has 0 atom stereocenters. The minimum atomic E-state index is 0.873. The molecule has 0 saturated heterocycles. The van der Waals surface area contributed by atoms with Crippen LogP contribution in [0.2, 0.25) is 0 Å². The topological polar surface area (TPSA) is 49.8 Å². The molecule has 3 rings (SSSR count). The van der Waals surface area contributed by atoms with E-state index in [2.05, 4.69) is 38.1 Å². The van der Waals surface area contributed by atoms with Crippen molar-refractivity contribution in [2.75, 3.05) is 18.4 Å². The van der Waals surface area contributed by atoms with Crippen LogP contribution in [-0.4, -0.2) is 23.1 Å². The summed E-state index contributed by atoms with van der Waals surface area (Å²) < 4.78 is 0. The number of hydrogen-bond donors (Lipinski definition) is 2. The summed E-state index contributed by atoms with van der Waals surface area (Å²) >= 11 is 1.80. The van der Waals surface area contributed by atoms with Gasteiger partial charge in [-0.2, -0.15) is 0 Å². The number of nitrogens with one attached hydrogen (secondary N) is 2. The Bertz CT molecular complexity index is 510. The summed E-state index contributed by atoms with van der Waals surface area (Å²) in [6.07, 6.45) is 3.71. The van der Waals surface area contributed by atoms with E-state index in [1.54, 1.807) is 17.7 Å². The van der Waals surface area contributed by atoms with Crippen molar-refractivity contribution < 1.29 is 0 Å². The summed E-state index contributed by atoms with van der Waals surface area (Å²) in [5.74, 6) is 0.990. The van der Waals surface area contributed by atoms with Gasteiger partial charge in [0.1, 0.15) is 12.1 Å². The summed E-state index contributed by atoms with van der Waals surface area (Å²) in [6, 6.07) is 4.26. The van der Waals surface area contributed by atoms with E-state index in [0.717, 1.165) is 38.3 Å². The molecule has 5 heteroatoms. The second-order valence-electron chi connectivity index (χ2n) is 4.33. The van der Waals surface area contributed by atoms with Gasteiger partial charge in [-0.25, -0.2) is 9.97 Å². The second kappa shape index (κ2) is 5.46. The van der Waals surface area contributed by atoms with Crippen molar-refractivity contribution in [3.63, 3.8) is 0 Å². The molecule has 0 aliphatic carbocycles. The highest BCUT2D eigenvalue weighted by atomic mass is 32.1. The SMILES string of the molecule is c1csc(CCNc2ncnc3c2CNCC3)c1. The summed E-state index contributed by atoms with van der Waals surface area (Å²) in [6.45, 7) is 2.81. The van der Waals surface area contributed by atoms with Gasteiger partial charge in [-0.05, 0) is 17.9 Å². The highest BCUT2D eigenvalue weighted by Crippen LogP contribution is 2.18. The van der Waals surface area contributed by atoms with E-state index in [1.807, 2.05) is 0 Å². The summed E-state index contributed by atoms with van der Waals surface area (Å²) in [5.41, 5.74) is 2.41. The summed E-state index contributed by atoms with van der Waals surface area (Å²) in [7, 11) is 0. The molecular formula is C13H16N4S. The minimum Gasteiger partial charge on any atom is -0.369 e. The Morgan fingerprint density at radius 1 is 1.39 bits per heavy atom. The maximum atomic E-state index is 4.35. The zero-order valence-electron chi connectivity index (χ0n) is 10.1. The molecule has 18 heavy (non-hydrogen) atoms. The molecule has 1 aliphatic rings. The summed E-state index contributed by atoms with van der Waals surface area (Å²) in [5, 5.41) is 8.91. The lowest BCUT2D eigenvalue weighted by Gasteiger charge is -2.18. The lowest BCUT2D eigenvalue weighted by molar-refractivity contribution is 0.627. The largest absolute Gasteiger partial charge is 0.369 e. The minimum absolute atomic E-state index is 0.873. The third kappa shape index (κ3) is 2.52. The van der Waals surface area contributed by atoms with Crippen LogP contribution in [0, 0.1) is 0 Å². The van der Waals surface area contributed by atoms with Crippen LogP contribution in [-0.2, 0) is 19.4 Å². The van der Waals surface area contributed by atoms with E-state index in [1.165, 1.54) is 16.1 Å². The Hall–Kier alpha value is -1.46. The first-order valence-electron chi connectivity index (χ1n) is 6.23. The zero-order chi connectivity index (χ0) is 12.2. The van der Waals surface area contributed by atoms with E-state index in [9.17, 15) is 0 Å². The summed E-state index contributed by atoms with van der Waals surface area (Å²) in [4.78, 5) is 10.1. The van der Waals surface area contributed by atoms with Crippen LogP contribution < -0.4 is 10.6 Å². The average Bonchev–Trinajstić information content (AvgIpc) is 2.92. The van der Waals surface area contributed by atoms with Gasteiger partial charge in [-0.15, -0.1) is 11.3 Å². The van der Waals surface area contributed by atoms with E-state index in [-0.39, 0.29) is 0 Å². The van der Waals surface area contributed by atoms with Crippen LogP contribution in [0.4, 0.5) is 5.82 Å². The first-order valence-corrected chi connectivity index (χ1v) is 7.11. The molecule has 2 N–H and O–H groups in total. The van der Waals surface area contributed by atoms with E-state index in [0.29, 0.717) is 0 Å². The standard InChI is InChI=1S/C13H16N4S/c1-2-10(18-7-1)3-6-15-13-11-8-14-5-4-12(11)16-9-17-13/h1-2,7,9,14H,3-6,8H2,(H,15,16,17). The van der Waals surface area contributed by atoms with Crippen LogP contribution >= 0.6 is 11.3 Å². The first-order chi connectivity index (χ1) is 8.93. The Morgan fingerprint density at radius 3 is 3.28 bits per heavy atom. The molecule has 2 aromatic heterocycles. The number of rotatable bonds is 4. The van der Waals surface area contributed by atoms with Gasteiger partial charge in [0.25, 0.3) is 0 Å². The maximum Gasteiger partial charge on any atom is 0.134 e. The van der Waals surface area contributed by atoms with Crippen molar-refractivity contribution in [3.05, 3.63) is 40.0 Å². The van der Waals surface area contributed by atoms with Crippen molar-refractivity contribution in [1.29, 1.82) is 0 Å². The highest BCUT2D eigenvalue weighted by Gasteiger charge is 2.14. The molecule has 0 bridgehead atoms. The third-order valence-corrected chi connectivity index (χ3v) is 4.06. The number of thiophene rings is 1. The van der Waals surface area contributed by atoms with Gasteiger partial charge in [0.2, 0.25) is 0 Å². The average molecular weight is 260 g/mol. The number of aromatic nitrogens is 2. The Labute approximate surface area is 110 Å². The van der Waals surface area contributed by atoms with Crippen LogP contribution in [0.15, 0.2) is 23.8 Å². The van der Waals surface area contributed by atoms with Gasteiger partial charge in [0.05, 0.1) is 5.69 Å². The second-order valence-corrected chi connectivity index (χ2v) is 5.36. The van der Waals surface area contributed by atoms with Crippen LogP contribution in [0.25, 0.3) is 0 Å². The molecule has 2 aromatic rings. The quantitative estimate of drug-likeness (QED) is 0.880. The molecule has 3 heterocycles. The predicted molar refractivity (Wildman–Crippen MR) is 74.0 cm³/mol. The smallest absolute Gasteiger partial charge is 0.134 e. The molecule has 0 radical (unpaired) electrons. The fourth-order valence-corrected chi connectivity index (χ4v) is 2.89. The van der Waals surface area contributed by atoms with Gasteiger partial charge in [0, 0.05) is 36.5 Å². The molecule has 4 nitrogen and oxygen atoms in total. The molecule has 1 aliphatic heterocycles. The van der Waals surface area contributed by atoms with E-state index >= 15 is 0 Å². The molecule has 0 spiro atoms. The molecule has 0 aromatic carbocycles. The predicted octanol–water partition coefficient (Wildman–Crippen LogP) is 1.84. The normalized spacial score (nSPS) is 14.2. The first kappa shape index (κ1) is 11.6. The van der Waals surface area contributed by atoms with Gasteiger partial charge in [0.15, 0.2) is 0 Å².